The summed E-state index contributed by atoms with van der Waals surface area (Å²) in [5.74, 6) is -1.21. The fraction of sp³-hybridized carbons (Fsp3) is 0.100. The van der Waals surface area contributed by atoms with E-state index in [4.69, 9.17) is 16.7 Å². The van der Waals surface area contributed by atoms with Crippen molar-refractivity contribution in [2.75, 3.05) is 0 Å². The van der Waals surface area contributed by atoms with Gasteiger partial charge in [-0.2, -0.15) is 0 Å². The van der Waals surface area contributed by atoms with E-state index in [0.29, 0.717) is 0 Å². The number of H-pyrrole nitrogens is 1. The molecule has 0 bridgehead atoms. The van der Waals surface area contributed by atoms with Crippen molar-refractivity contribution in [2.45, 2.75) is 6.54 Å². The zero-order valence-corrected chi connectivity index (χ0v) is 10.1. The predicted molar refractivity (Wildman–Crippen MR) is 64.4 cm³/mol. The van der Waals surface area contributed by atoms with Crippen LogP contribution in [0.2, 0.25) is 5.02 Å². The normalized spacial score (nSPS) is 10.4. The van der Waals surface area contributed by atoms with E-state index < -0.39 is 17.2 Å². The maximum absolute atomic E-state index is 11.5. The van der Waals surface area contributed by atoms with Crippen molar-refractivity contribution in [2.24, 2.45) is 0 Å². The number of carbonyl (C=O) groups is 1. The summed E-state index contributed by atoms with van der Waals surface area (Å²) >= 11 is 5.60. The summed E-state index contributed by atoms with van der Waals surface area (Å²) in [6, 6.07) is 0. The van der Waals surface area contributed by atoms with E-state index in [1.165, 1.54) is 6.33 Å². The first-order valence-corrected chi connectivity index (χ1v) is 5.38. The second-order valence-corrected chi connectivity index (χ2v) is 3.96. The molecule has 2 N–H and O–H groups in total. The molecule has 0 aromatic carbocycles. The Morgan fingerprint density at radius 2 is 2.21 bits per heavy atom. The van der Waals surface area contributed by atoms with Gasteiger partial charge in [0.25, 0.3) is 5.56 Å². The van der Waals surface area contributed by atoms with Crippen LogP contribution in [0.15, 0.2) is 28.3 Å². The van der Waals surface area contributed by atoms with Gasteiger partial charge >= 0.3 is 11.7 Å². The van der Waals surface area contributed by atoms with Crippen LogP contribution >= 0.6 is 11.6 Å². The average molecular weight is 283 g/mol. The molecule has 2 aromatic heterocycles. The molecule has 0 unspecified atom stereocenters. The topological polar surface area (TPSA) is 118 Å². The minimum absolute atomic E-state index is 0.128. The van der Waals surface area contributed by atoms with Crippen LogP contribution in [0.1, 0.15) is 16.1 Å². The maximum Gasteiger partial charge on any atom is 0.339 e. The number of nitrogens with one attached hydrogen (secondary N) is 1. The molecule has 2 rings (SSSR count). The molecule has 19 heavy (non-hydrogen) atoms. The molecule has 0 saturated heterocycles. The molecule has 0 radical (unpaired) electrons. The molecule has 8 nitrogen and oxygen atoms in total. The Morgan fingerprint density at radius 3 is 2.89 bits per heavy atom. The number of aromatic carboxylic acids is 1. The van der Waals surface area contributed by atoms with Gasteiger partial charge in [0.1, 0.15) is 16.9 Å². The van der Waals surface area contributed by atoms with Crippen LogP contribution < -0.4 is 11.2 Å². The minimum atomic E-state index is -1.21. The highest BCUT2D eigenvalue weighted by Gasteiger charge is 2.13. The molecule has 0 amide bonds. The molecule has 98 valence electrons. The number of hydrogen-bond donors (Lipinski definition) is 2. The van der Waals surface area contributed by atoms with Crippen molar-refractivity contribution >= 4 is 17.6 Å². The molecule has 0 aliphatic carbocycles. The standard InChI is InChI=1S/C10H7ClN4O4/c11-6-2-15(10(19)14-8(6)16)3-7-5(9(17)18)1-12-4-13-7/h1-2,4H,3H2,(H,17,18)(H,14,16,19). The molecule has 0 spiro atoms. The van der Waals surface area contributed by atoms with Crippen LogP contribution in [0.25, 0.3) is 0 Å². The maximum atomic E-state index is 11.5. The Morgan fingerprint density at radius 1 is 1.47 bits per heavy atom. The average Bonchev–Trinajstić information content (AvgIpc) is 2.36. The molecule has 0 aliphatic rings. The number of hydrogen-bond acceptors (Lipinski definition) is 5. The van der Waals surface area contributed by atoms with Gasteiger partial charge in [0.15, 0.2) is 0 Å². The van der Waals surface area contributed by atoms with E-state index in [-0.39, 0.29) is 22.8 Å². The molecule has 0 fully saturated rings. The first kappa shape index (κ1) is 13.0. The fourth-order valence-electron chi connectivity index (χ4n) is 1.42. The second kappa shape index (κ2) is 5.02. The van der Waals surface area contributed by atoms with Gasteiger partial charge in [-0.25, -0.2) is 19.6 Å². The molecule has 2 aromatic rings. The van der Waals surface area contributed by atoms with Crippen LogP contribution in [-0.2, 0) is 6.54 Å². The summed E-state index contributed by atoms with van der Waals surface area (Å²) in [6.45, 7) is -0.139. The smallest absolute Gasteiger partial charge is 0.339 e. The summed E-state index contributed by atoms with van der Waals surface area (Å²) < 4.78 is 1.05. The number of nitrogens with zero attached hydrogens (tertiary/aromatic N) is 3. The van der Waals surface area contributed by atoms with Gasteiger partial charge in [-0.1, -0.05) is 11.6 Å². The van der Waals surface area contributed by atoms with E-state index >= 15 is 0 Å². The van der Waals surface area contributed by atoms with Crippen molar-refractivity contribution in [1.82, 2.24) is 19.5 Å². The Labute approximate surface area is 110 Å². The summed E-state index contributed by atoms with van der Waals surface area (Å²) in [5, 5.41) is 8.78. The molecule has 0 aliphatic heterocycles. The van der Waals surface area contributed by atoms with Crippen molar-refractivity contribution in [3.63, 3.8) is 0 Å². The Hall–Kier alpha value is -2.48. The van der Waals surface area contributed by atoms with Gasteiger partial charge in [0.05, 0.1) is 12.2 Å². The van der Waals surface area contributed by atoms with Crippen LogP contribution in [0.5, 0.6) is 0 Å². The third-order valence-electron chi connectivity index (χ3n) is 2.31. The predicted octanol–water partition coefficient (Wildman–Crippen LogP) is -0.274. The van der Waals surface area contributed by atoms with Gasteiger partial charge in [-0.05, 0) is 0 Å². The molecule has 2 heterocycles. The van der Waals surface area contributed by atoms with Crippen molar-refractivity contribution in [3.8, 4) is 0 Å². The van der Waals surface area contributed by atoms with Crippen LogP contribution in [-0.4, -0.2) is 30.6 Å². The number of aromatic amines is 1. The van der Waals surface area contributed by atoms with Crippen molar-refractivity contribution in [1.29, 1.82) is 0 Å². The minimum Gasteiger partial charge on any atom is -0.478 e. The van der Waals surface area contributed by atoms with Gasteiger partial charge in [0.2, 0.25) is 0 Å². The number of carboxylic acids is 1. The van der Waals surface area contributed by atoms with E-state index in [0.717, 1.165) is 17.0 Å². The second-order valence-electron chi connectivity index (χ2n) is 3.55. The lowest BCUT2D eigenvalue weighted by Crippen LogP contribution is -2.30. The fourth-order valence-corrected chi connectivity index (χ4v) is 1.59. The molecule has 0 saturated carbocycles. The third-order valence-corrected chi connectivity index (χ3v) is 2.58. The Balaban J connectivity index is 2.48. The van der Waals surface area contributed by atoms with Gasteiger partial charge in [-0.3, -0.25) is 14.3 Å². The highest BCUT2D eigenvalue weighted by Crippen LogP contribution is 2.06. The Bertz CT molecular complexity index is 752. The zero-order valence-electron chi connectivity index (χ0n) is 9.33. The van der Waals surface area contributed by atoms with Gasteiger partial charge in [0, 0.05) is 12.4 Å². The number of carboxylic acid groups (broad SMARTS) is 1. The van der Waals surface area contributed by atoms with E-state index in [1.807, 2.05) is 4.98 Å². The van der Waals surface area contributed by atoms with Crippen LogP contribution in [0.3, 0.4) is 0 Å². The third kappa shape index (κ3) is 2.68. The summed E-state index contributed by atoms with van der Waals surface area (Å²) in [4.78, 5) is 43.0. The summed E-state index contributed by atoms with van der Waals surface area (Å²) in [5.41, 5.74) is -1.40. The van der Waals surface area contributed by atoms with Crippen LogP contribution in [0, 0.1) is 0 Å². The van der Waals surface area contributed by atoms with Crippen molar-refractivity contribution in [3.05, 3.63) is 55.8 Å². The van der Waals surface area contributed by atoms with E-state index in [1.54, 1.807) is 0 Å². The molecular weight excluding hydrogens is 276 g/mol. The monoisotopic (exact) mass is 282 g/mol. The zero-order chi connectivity index (χ0) is 14.0. The van der Waals surface area contributed by atoms with Crippen molar-refractivity contribution < 1.29 is 9.90 Å². The molecular formula is C10H7ClN4O4. The largest absolute Gasteiger partial charge is 0.478 e. The lowest BCUT2D eigenvalue weighted by molar-refractivity contribution is 0.0694. The first-order valence-electron chi connectivity index (χ1n) is 5.00. The van der Waals surface area contributed by atoms with Crippen LogP contribution in [0.4, 0.5) is 0 Å². The summed E-state index contributed by atoms with van der Waals surface area (Å²) in [6.07, 6.45) is 3.42. The number of rotatable bonds is 3. The molecule has 0 atom stereocenters. The van der Waals surface area contributed by atoms with Gasteiger partial charge in [-0.15, -0.1) is 0 Å². The SMILES string of the molecule is O=C(O)c1cncnc1Cn1cc(Cl)c(=O)[nH]c1=O. The molecule has 9 heteroatoms. The van der Waals surface area contributed by atoms with E-state index in [2.05, 4.69) is 9.97 Å². The Kier molecular flexibility index (Phi) is 3.43. The number of halogens is 1. The van der Waals surface area contributed by atoms with E-state index in [9.17, 15) is 14.4 Å². The number of aromatic nitrogens is 4. The first-order chi connectivity index (χ1) is 8.99. The lowest BCUT2D eigenvalue weighted by atomic mass is 10.2. The van der Waals surface area contributed by atoms with Gasteiger partial charge < -0.3 is 5.11 Å². The quantitative estimate of drug-likeness (QED) is 0.800. The summed E-state index contributed by atoms with van der Waals surface area (Å²) in [7, 11) is 0. The lowest BCUT2D eigenvalue weighted by Gasteiger charge is -2.06. The highest BCUT2D eigenvalue weighted by atomic mass is 35.5. The highest BCUT2D eigenvalue weighted by molar-refractivity contribution is 6.30.